The molecule has 0 aromatic carbocycles. The van der Waals surface area contributed by atoms with Gasteiger partial charge in [-0.25, -0.2) is 9.78 Å². The van der Waals surface area contributed by atoms with Gasteiger partial charge >= 0.3 is 5.97 Å². The Labute approximate surface area is 105 Å². The monoisotopic (exact) mass is 255 g/mol. The minimum Gasteiger partial charge on any atom is -0.481 e. The third-order valence-electron chi connectivity index (χ3n) is 2.23. The molecule has 17 heavy (non-hydrogen) atoms. The van der Waals surface area contributed by atoms with Gasteiger partial charge in [0.05, 0.1) is 7.11 Å². The number of allylic oxidation sites excluding steroid dienone is 1. The van der Waals surface area contributed by atoms with E-state index in [1.807, 2.05) is 13.8 Å². The van der Waals surface area contributed by atoms with Crippen molar-refractivity contribution in [1.29, 1.82) is 0 Å². The molecule has 1 aromatic rings. The molecule has 0 saturated carbocycles. The van der Waals surface area contributed by atoms with Gasteiger partial charge in [-0.1, -0.05) is 25.4 Å². The average molecular weight is 256 g/mol. The molecule has 0 spiro atoms. The number of halogens is 1. The highest BCUT2D eigenvalue weighted by Crippen LogP contribution is 2.30. The van der Waals surface area contributed by atoms with Crippen LogP contribution in [-0.4, -0.2) is 23.2 Å². The quantitative estimate of drug-likeness (QED) is 0.664. The third-order valence-corrected chi connectivity index (χ3v) is 2.44. The van der Waals surface area contributed by atoms with Crippen LogP contribution in [0.5, 0.6) is 5.88 Å². The molecule has 0 aliphatic rings. The van der Waals surface area contributed by atoms with Crippen LogP contribution >= 0.6 is 11.6 Å². The number of pyridine rings is 1. The zero-order valence-corrected chi connectivity index (χ0v) is 10.7. The Morgan fingerprint density at radius 1 is 1.53 bits per heavy atom. The molecule has 1 N–H and O–H groups in total. The van der Waals surface area contributed by atoms with Gasteiger partial charge in [0.25, 0.3) is 0 Å². The number of ether oxygens (including phenoxy) is 1. The summed E-state index contributed by atoms with van der Waals surface area (Å²) in [5.74, 6) is -0.618. The summed E-state index contributed by atoms with van der Waals surface area (Å²) in [6.45, 7) is 3.81. The highest BCUT2D eigenvalue weighted by Gasteiger charge is 2.15. The summed E-state index contributed by atoms with van der Waals surface area (Å²) >= 11 is 5.76. The van der Waals surface area contributed by atoms with Gasteiger partial charge in [-0.05, 0) is 23.6 Å². The number of methoxy groups -OCH3 is 1. The second kappa shape index (κ2) is 5.68. The number of aliphatic carboxylic acids is 1. The Kier molecular flexibility index (Phi) is 4.52. The van der Waals surface area contributed by atoms with Crippen LogP contribution in [0.3, 0.4) is 0 Å². The Morgan fingerprint density at radius 2 is 2.18 bits per heavy atom. The number of hydrogen-bond donors (Lipinski definition) is 1. The van der Waals surface area contributed by atoms with Crippen molar-refractivity contribution < 1.29 is 14.6 Å². The lowest BCUT2D eigenvalue weighted by Crippen LogP contribution is -2.02. The van der Waals surface area contributed by atoms with Crippen LogP contribution in [0.25, 0.3) is 5.57 Å². The molecular weight excluding hydrogens is 242 g/mol. The first kappa shape index (κ1) is 13.5. The fourth-order valence-electron chi connectivity index (χ4n) is 1.48. The van der Waals surface area contributed by atoms with E-state index in [0.717, 1.165) is 6.08 Å². The van der Waals surface area contributed by atoms with Gasteiger partial charge in [0.15, 0.2) is 0 Å². The summed E-state index contributed by atoms with van der Waals surface area (Å²) in [7, 11) is 1.47. The highest BCUT2D eigenvalue weighted by molar-refractivity contribution is 6.29. The maximum absolute atomic E-state index is 10.8. The van der Waals surface area contributed by atoms with E-state index in [9.17, 15) is 4.79 Å². The molecule has 0 fully saturated rings. The molecule has 0 aliphatic heterocycles. The Bertz CT molecular complexity index is 455. The predicted octanol–water partition coefficient (Wildman–Crippen LogP) is 2.87. The van der Waals surface area contributed by atoms with Crippen molar-refractivity contribution in [1.82, 2.24) is 4.98 Å². The van der Waals surface area contributed by atoms with Crippen molar-refractivity contribution in [2.75, 3.05) is 7.11 Å². The van der Waals surface area contributed by atoms with Gasteiger partial charge in [-0.2, -0.15) is 0 Å². The first-order valence-electron chi connectivity index (χ1n) is 5.11. The van der Waals surface area contributed by atoms with Crippen LogP contribution in [0.2, 0.25) is 5.15 Å². The Balaban J connectivity index is 3.33. The minimum atomic E-state index is -0.995. The van der Waals surface area contributed by atoms with Crippen molar-refractivity contribution in [3.8, 4) is 5.88 Å². The van der Waals surface area contributed by atoms with E-state index >= 15 is 0 Å². The van der Waals surface area contributed by atoms with E-state index in [1.54, 1.807) is 12.1 Å². The number of carboxylic acid groups (broad SMARTS) is 1. The smallest absolute Gasteiger partial charge is 0.328 e. The van der Waals surface area contributed by atoms with E-state index in [1.165, 1.54) is 7.11 Å². The van der Waals surface area contributed by atoms with Gasteiger partial charge in [-0.15, -0.1) is 0 Å². The normalized spacial score (nSPS) is 11.7. The van der Waals surface area contributed by atoms with Crippen molar-refractivity contribution in [3.63, 3.8) is 0 Å². The van der Waals surface area contributed by atoms with Gasteiger partial charge < -0.3 is 9.84 Å². The Morgan fingerprint density at radius 3 is 2.65 bits per heavy atom. The van der Waals surface area contributed by atoms with Crippen molar-refractivity contribution >= 4 is 23.1 Å². The molecule has 0 aliphatic carbocycles. The summed E-state index contributed by atoms with van der Waals surface area (Å²) in [4.78, 5) is 14.8. The van der Waals surface area contributed by atoms with Crippen LogP contribution in [0.15, 0.2) is 18.2 Å². The van der Waals surface area contributed by atoms with E-state index in [2.05, 4.69) is 4.98 Å². The van der Waals surface area contributed by atoms with Gasteiger partial charge in [0, 0.05) is 11.6 Å². The maximum Gasteiger partial charge on any atom is 0.328 e. The molecule has 1 aromatic heterocycles. The van der Waals surface area contributed by atoms with Gasteiger partial charge in [0.2, 0.25) is 5.88 Å². The summed E-state index contributed by atoms with van der Waals surface area (Å²) in [5, 5.41) is 9.16. The summed E-state index contributed by atoms with van der Waals surface area (Å²) in [6, 6.07) is 3.32. The van der Waals surface area contributed by atoms with E-state index in [0.29, 0.717) is 22.2 Å². The summed E-state index contributed by atoms with van der Waals surface area (Å²) in [6.07, 6.45) is 1.16. The van der Waals surface area contributed by atoms with Gasteiger partial charge in [-0.3, -0.25) is 0 Å². The molecule has 1 heterocycles. The second-order valence-electron chi connectivity index (χ2n) is 3.78. The highest BCUT2D eigenvalue weighted by atomic mass is 35.5. The number of hydrogen-bond acceptors (Lipinski definition) is 3. The standard InChI is InChI=1S/C12H14ClNO3/c1-7(2)9(6-11(15)16)8-4-5-10(13)14-12(8)17-3/h4-7H,1-3H3,(H,15,16). The number of carboxylic acids is 1. The lowest BCUT2D eigenvalue weighted by atomic mass is 9.96. The Hall–Kier alpha value is -1.55. The second-order valence-corrected chi connectivity index (χ2v) is 4.17. The molecule has 0 unspecified atom stereocenters. The average Bonchev–Trinajstić information content (AvgIpc) is 2.25. The predicted molar refractivity (Wildman–Crippen MR) is 66.2 cm³/mol. The van der Waals surface area contributed by atoms with Crippen molar-refractivity contribution in [2.45, 2.75) is 13.8 Å². The molecule has 0 bridgehead atoms. The lowest BCUT2D eigenvalue weighted by Gasteiger charge is -2.14. The molecule has 0 atom stereocenters. The molecule has 5 heteroatoms. The molecule has 1 rings (SSSR count). The van der Waals surface area contributed by atoms with Crippen LogP contribution in [-0.2, 0) is 4.79 Å². The number of rotatable bonds is 4. The zero-order valence-electron chi connectivity index (χ0n) is 9.90. The summed E-state index contributed by atoms with van der Waals surface area (Å²) in [5.41, 5.74) is 1.30. The van der Waals surface area contributed by atoms with Crippen molar-refractivity contribution in [2.24, 2.45) is 5.92 Å². The van der Waals surface area contributed by atoms with E-state index in [4.69, 9.17) is 21.4 Å². The lowest BCUT2D eigenvalue weighted by molar-refractivity contribution is -0.131. The number of nitrogens with zero attached hydrogens (tertiary/aromatic N) is 1. The first-order chi connectivity index (χ1) is 7.95. The largest absolute Gasteiger partial charge is 0.481 e. The van der Waals surface area contributed by atoms with E-state index in [-0.39, 0.29) is 5.92 Å². The third kappa shape index (κ3) is 3.46. The molecule has 92 valence electrons. The zero-order chi connectivity index (χ0) is 13.0. The van der Waals surface area contributed by atoms with Crippen LogP contribution < -0.4 is 4.74 Å². The molecule has 0 amide bonds. The fraction of sp³-hybridized carbons (Fsp3) is 0.333. The molecule has 4 nitrogen and oxygen atoms in total. The number of carbonyl (C=O) groups is 1. The first-order valence-corrected chi connectivity index (χ1v) is 5.49. The van der Waals surface area contributed by atoms with Gasteiger partial charge in [0.1, 0.15) is 5.15 Å². The molecule has 0 saturated heterocycles. The van der Waals surface area contributed by atoms with Crippen LogP contribution in [0, 0.1) is 5.92 Å². The number of aromatic nitrogens is 1. The van der Waals surface area contributed by atoms with E-state index < -0.39 is 5.97 Å². The maximum atomic E-state index is 10.8. The molecular formula is C12H14ClNO3. The van der Waals surface area contributed by atoms with Crippen molar-refractivity contribution in [3.05, 3.63) is 28.9 Å². The SMILES string of the molecule is COc1nc(Cl)ccc1C(=CC(=O)O)C(C)C. The van der Waals surface area contributed by atoms with Crippen LogP contribution in [0.1, 0.15) is 19.4 Å². The fourth-order valence-corrected chi connectivity index (χ4v) is 1.62. The summed E-state index contributed by atoms with van der Waals surface area (Å²) < 4.78 is 5.11. The topological polar surface area (TPSA) is 59.4 Å². The van der Waals surface area contributed by atoms with Crippen LogP contribution in [0.4, 0.5) is 0 Å². The minimum absolute atomic E-state index is 0.0444. The molecule has 0 radical (unpaired) electrons.